The minimum absolute atomic E-state index is 0.0465. The number of nitrogens with two attached hydrogens (primary N) is 1. The molecule has 1 unspecified atom stereocenters. The molecular weight excluding hydrogens is 178 g/mol. The first-order valence-electron chi connectivity index (χ1n) is 4.38. The molecule has 0 radical (unpaired) electrons. The van der Waals surface area contributed by atoms with Crippen LogP contribution in [0.3, 0.4) is 0 Å². The Morgan fingerprint density at radius 3 is 3.14 bits per heavy atom. The highest BCUT2D eigenvalue weighted by Crippen LogP contribution is 2.21. The minimum atomic E-state index is -0.562. The van der Waals surface area contributed by atoms with Crippen molar-refractivity contribution in [2.24, 2.45) is 5.73 Å². The van der Waals surface area contributed by atoms with E-state index in [1.54, 1.807) is 12.4 Å². The van der Waals surface area contributed by atoms with Gasteiger partial charge in [0.2, 0.25) is 0 Å². The van der Waals surface area contributed by atoms with Gasteiger partial charge < -0.3 is 10.7 Å². The lowest BCUT2D eigenvalue weighted by molar-refractivity contribution is -0.118. The van der Waals surface area contributed by atoms with Gasteiger partial charge in [-0.15, -0.1) is 0 Å². The first-order chi connectivity index (χ1) is 6.70. The van der Waals surface area contributed by atoms with E-state index < -0.39 is 6.04 Å². The van der Waals surface area contributed by atoms with Crippen molar-refractivity contribution in [2.45, 2.75) is 13.0 Å². The van der Waals surface area contributed by atoms with Gasteiger partial charge >= 0.3 is 0 Å². The van der Waals surface area contributed by atoms with Gasteiger partial charge in [0.25, 0.3) is 0 Å². The molecule has 0 spiro atoms. The highest BCUT2D eigenvalue weighted by molar-refractivity contribution is 5.90. The number of hydrogen-bond donors (Lipinski definition) is 2. The molecule has 2 rings (SSSR count). The Kier molecular flexibility index (Phi) is 2.05. The summed E-state index contributed by atoms with van der Waals surface area (Å²) in [7, 11) is 0. The van der Waals surface area contributed by atoms with Crippen molar-refractivity contribution in [1.82, 2.24) is 9.97 Å². The third kappa shape index (κ3) is 1.29. The predicted molar refractivity (Wildman–Crippen MR) is 53.7 cm³/mol. The fraction of sp³-hybridized carbons (Fsp3) is 0.200. The summed E-state index contributed by atoms with van der Waals surface area (Å²) in [5.41, 5.74) is 7.32. The molecule has 0 saturated heterocycles. The minimum Gasteiger partial charge on any atom is -0.346 e. The van der Waals surface area contributed by atoms with E-state index >= 15 is 0 Å². The van der Waals surface area contributed by atoms with Crippen LogP contribution in [0.15, 0.2) is 24.5 Å². The Balaban J connectivity index is 2.58. The van der Waals surface area contributed by atoms with Crippen molar-refractivity contribution in [3.63, 3.8) is 0 Å². The lowest BCUT2D eigenvalue weighted by Crippen LogP contribution is -2.17. The first kappa shape index (κ1) is 8.90. The van der Waals surface area contributed by atoms with Gasteiger partial charge in [-0.3, -0.25) is 4.79 Å². The largest absolute Gasteiger partial charge is 0.346 e. The molecule has 0 aromatic carbocycles. The van der Waals surface area contributed by atoms with Crippen molar-refractivity contribution in [3.8, 4) is 0 Å². The van der Waals surface area contributed by atoms with Crippen molar-refractivity contribution in [1.29, 1.82) is 0 Å². The number of nitrogens with zero attached hydrogens (tertiary/aromatic N) is 1. The number of aromatic amines is 1. The van der Waals surface area contributed by atoms with Crippen LogP contribution in [0.25, 0.3) is 11.0 Å². The molecule has 0 aliphatic heterocycles. The van der Waals surface area contributed by atoms with Crippen LogP contribution in [-0.2, 0) is 4.79 Å². The third-order valence-corrected chi connectivity index (χ3v) is 2.26. The second-order valence-electron chi connectivity index (χ2n) is 3.23. The summed E-state index contributed by atoms with van der Waals surface area (Å²) in [5, 5.41) is 0.912. The van der Waals surface area contributed by atoms with Crippen LogP contribution in [0.2, 0.25) is 0 Å². The van der Waals surface area contributed by atoms with Crippen LogP contribution >= 0.6 is 0 Å². The van der Waals surface area contributed by atoms with Crippen LogP contribution in [0.4, 0.5) is 0 Å². The molecule has 0 aliphatic carbocycles. The quantitative estimate of drug-likeness (QED) is 0.744. The fourth-order valence-corrected chi connectivity index (χ4v) is 1.45. The molecular formula is C10H11N3O. The molecule has 2 aromatic heterocycles. The molecule has 2 heterocycles. The van der Waals surface area contributed by atoms with E-state index in [1.165, 1.54) is 6.92 Å². The highest BCUT2D eigenvalue weighted by Gasteiger charge is 2.15. The van der Waals surface area contributed by atoms with Gasteiger partial charge in [-0.25, -0.2) is 4.98 Å². The number of pyridine rings is 1. The molecule has 4 heteroatoms. The second kappa shape index (κ2) is 3.23. The van der Waals surface area contributed by atoms with Crippen LogP contribution in [0.1, 0.15) is 18.5 Å². The van der Waals surface area contributed by atoms with Crippen molar-refractivity contribution in [3.05, 3.63) is 30.1 Å². The van der Waals surface area contributed by atoms with Gasteiger partial charge in [-0.2, -0.15) is 0 Å². The Morgan fingerprint density at radius 2 is 2.43 bits per heavy atom. The molecule has 4 nitrogen and oxygen atoms in total. The smallest absolute Gasteiger partial charge is 0.151 e. The summed E-state index contributed by atoms with van der Waals surface area (Å²) >= 11 is 0. The fourth-order valence-electron chi connectivity index (χ4n) is 1.45. The summed E-state index contributed by atoms with van der Waals surface area (Å²) in [5.74, 6) is -0.0465. The van der Waals surface area contributed by atoms with Gasteiger partial charge in [0, 0.05) is 23.3 Å². The molecule has 0 bridgehead atoms. The maximum absolute atomic E-state index is 11.1. The number of aromatic nitrogens is 2. The van der Waals surface area contributed by atoms with Crippen LogP contribution in [-0.4, -0.2) is 15.8 Å². The highest BCUT2D eigenvalue weighted by atomic mass is 16.1. The van der Waals surface area contributed by atoms with E-state index in [4.69, 9.17) is 5.73 Å². The van der Waals surface area contributed by atoms with Gasteiger partial charge in [0.05, 0.1) is 6.04 Å². The lowest BCUT2D eigenvalue weighted by Gasteiger charge is -2.04. The zero-order valence-corrected chi connectivity index (χ0v) is 7.82. The Labute approximate surface area is 81.1 Å². The van der Waals surface area contributed by atoms with Crippen molar-refractivity contribution in [2.75, 3.05) is 0 Å². The van der Waals surface area contributed by atoms with Crippen LogP contribution in [0, 0.1) is 0 Å². The van der Waals surface area contributed by atoms with Crippen molar-refractivity contribution >= 4 is 16.8 Å². The average Bonchev–Trinajstić information content (AvgIpc) is 2.60. The van der Waals surface area contributed by atoms with Crippen molar-refractivity contribution < 1.29 is 4.79 Å². The summed E-state index contributed by atoms with van der Waals surface area (Å²) in [6, 6.07) is 3.16. The van der Waals surface area contributed by atoms with E-state index in [-0.39, 0.29) is 5.78 Å². The Hall–Kier alpha value is -1.68. The molecule has 1 atom stereocenters. The summed E-state index contributed by atoms with van der Waals surface area (Å²) in [6.45, 7) is 1.49. The number of carbonyl (C=O) groups excluding carboxylic acids is 1. The van der Waals surface area contributed by atoms with Gasteiger partial charge in [-0.05, 0) is 19.1 Å². The molecule has 0 aliphatic rings. The number of rotatable bonds is 2. The summed E-state index contributed by atoms with van der Waals surface area (Å²) in [6.07, 6.45) is 3.44. The number of fused-ring (bicyclic) bond motifs is 1. The van der Waals surface area contributed by atoms with Crippen LogP contribution < -0.4 is 5.73 Å². The van der Waals surface area contributed by atoms with E-state index in [9.17, 15) is 4.79 Å². The number of Topliss-reactive ketones (excluding diaryl/α,β-unsaturated/α-hetero) is 1. The predicted octanol–water partition coefficient (Wildman–Crippen LogP) is 1.15. The molecule has 0 saturated carbocycles. The Morgan fingerprint density at radius 1 is 1.64 bits per heavy atom. The monoisotopic (exact) mass is 189 g/mol. The number of ketones is 1. The van der Waals surface area contributed by atoms with E-state index in [0.717, 1.165) is 16.6 Å². The number of carbonyl (C=O) groups is 1. The zero-order valence-electron chi connectivity index (χ0n) is 7.82. The van der Waals surface area contributed by atoms with E-state index in [0.29, 0.717) is 0 Å². The summed E-state index contributed by atoms with van der Waals surface area (Å²) < 4.78 is 0. The van der Waals surface area contributed by atoms with Gasteiger partial charge in [0.15, 0.2) is 5.78 Å². The second-order valence-corrected chi connectivity index (χ2v) is 3.23. The lowest BCUT2D eigenvalue weighted by atomic mass is 10.1. The standard InChI is InChI=1S/C10H11N3O/c1-6(14)9(11)8-5-13-10-7(8)3-2-4-12-10/h2-5,9H,11H2,1H3,(H,12,13). The summed E-state index contributed by atoms with van der Waals surface area (Å²) in [4.78, 5) is 18.2. The molecule has 14 heavy (non-hydrogen) atoms. The maximum atomic E-state index is 11.1. The molecule has 2 aromatic rings. The van der Waals surface area contributed by atoms with Gasteiger partial charge in [0.1, 0.15) is 5.65 Å². The molecule has 72 valence electrons. The molecule has 0 amide bonds. The molecule has 0 fully saturated rings. The van der Waals surface area contributed by atoms with E-state index in [2.05, 4.69) is 9.97 Å². The van der Waals surface area contributed by atoms with Gasteiger partial charge in [-0.1, -0.05) is 0 Å². The van der Waals surface area contributed by atoms with Crippen LogP contribution in [0.5, 0.6) is 0 Å². The first-order valence-corrected chi connectivity index (χ1v) is 4.38. The number of H-pyrrole nitrogens is 1. The normalized spacial score (nSPS) is 13.0. The number of nitrogens with one attached hydrogen (secondary N) is 1. The topological polar surface area (TPSA) is 71.8 Å². The SMILES string of the molecule is CC(=O)C(N)c1c[nH]c2ncccc12. The Bertz CT molecular complexity index is 475. The third-order valence-electron chi connectivity index (χ3n) is 2.26. The maximum Gasteiger partial charge on any atom is 0.151 e. The average molecular weight is 189 g/mol. The number of hydrogen-bond acceptors (Lipinski definition) is 3. The molecule has 3 N–H and O–H groups in total. The zero-order chi connectivity index (χ0) is 10.1. The van der Waals surface area contributed by atoms with E-state index in [1.807, 2.05) is 12.1 Å².